The summed E-state index contributed by atoms with van der Waals surface area (Å²) in [5, 5.41) is 0. The van der Waals surface area contributed by atoms with E-state index in [2.05, 4.69) is 60.7 Å². The van der Waals surface area contributed by atoms with Crippen LogP contribution in [0.15, 0.2) is 30.3 Å². The van der Waals surface area contributed by atoms with Crippen LogP contribution in [0.4, 0.5) is 0 Å². The Kier molecular flexibility index (Phi) is 9.75. The maximum absolute atomic E-state index is 6.36. The maximum atomic E-state index is 6.36. The number of rotatable bonds is 11. The van der Waals surface area contributed by atoms with Crippen molar-refractivity contribution < 1.29 is 13.3 Å². The van der Waals surface area contributed by atoms with Crippen molar-refractivity contribution in [2.24, 2.45) is 0 Å². The molecule has 1 aromatic carbocycles. The summed E-state index contributed by atoms with van der Waals surface area (Å²) in [7, 11) is -2.58. The average molecular weight is 422 g/mol. The van der Waals surface area contributed by atoms with Gasteiger partial charge in [0, 0.05) is 24.2 Å². The second-order valence-corrected chi connectivity index (χ2v) is 8.67. The van der Waals surface area contributed by atoms with E-state index in [1.54, 1.807) is 0 Å². The molecule has 1 unspecified atom stereocenters. The van der Waals surface area contributed by atoms with E-state index in [0.717, 1.165) is 23.7 Å². The lowest BCUT2D eigenvalue weighted by molar-refractivity contribution is 0.0307. The third-order valence-corrected chi connectivity index (χ3v) is 5.83. The summed E-state index contributed by atoms with van der Waals surface area (Å²) < 4.78 is 19.3. The first-order chi connectivity index (χ1) is 10.1. The minimum Gasteiger partial charge on any atom is -0.374 e. The van der Waals surface area contributed by atoms with Crippen LogP contribution in [0.2, 0.25) is 6.55 Å². The SMILES string of the molecule is CCCO[Si](C)(OCCC)OC(CCI)c1ccccc1. The van der Waals surface area contributed by atoms with Gasteiger partial charge >= 0.3 is 8.80 Å². The van der Waals surface area contributed by atoms with Gasteiger partial charge in [0.1, 0.15) is 0 Å². The van der Waals surface area contributed by atoms with Gasteiger partial charge in [-0.15, -0.1) is 0 Å². The Morgan fingerprint density at radius 1 is 1.05 bits per heavy atom. The molecule has 0 heterocycles. The third-order valence-electron chi connectivity index (χ3n) is 3.04. The molecule has 0 N–H and O–H groups in total. The van der Waals surface area contributed by atoms with Crippen LogP contribution in [0.25, 0.3) is 0 Å². The standard InChI is InChI=1S/C16H27IO3Si/c1-4-13-18-21(3,19-14-5-2)20-16(11-12-17)15-9-7-6-8-10-15/h6-10,16H,4-5,11-14H2,1-3H3. The lowest BCUT2D eigenvalue weighted by Gasteiger charge is -2.31. The first-order valence-electron chi connectivity index (χ1n) is 7.71. The largest absolute Gasteiger partial charge is 0.498 e. The molecule has 0 aliphatic heterocycles. The van der Waals surface area contributed by atoms with Crippen molar-refractivity contribution in [3.05, 3.63) is 35.9 Å². The molecular formula is C16H27IO3Si. The fourth-order valence-electron chi connectivity index (χ4n) is 2.00. The number of benzene rings is 1. The number of alkyl halides is 1. The molecule has 0 aliphatic rings. The Hall–Kier alpha value is 0.0469. The minimum absolute atomic E-state index is 0.0495. The van der Waals surface area contributed by atoms with Gasteiger partial charge in [-0.05, 0) is 24.8 Å². The van der Waals surface area contributed by atoms with Gasteiger partial charge in [-0.3, -0.25) is 0 Å². The van der Waals surface area contributed by atoms with Crippen LogP contribution < -0.4 is 0 Å². The highest BCUT2D eigenvalue weighted by atomic mass is 127. The van der Waals surface area contributed by atoms with Gasteiger partial charge in [0.15, 0.2) is 0 Å². The van der Waals surface area contributed by atoms with Crippen molar-refractivity contribution in [2.45, 2.75) is 45.8 Å². The molecular weight excluding hydrogens is 395 g/mol. The molecule has 0 amide bonds. The second-order valence-electron chi connectivity index (χ2n) is 5.05. The van der Waals surface area contributed by atoms with Crippen LogP contribution >= 0.6 is 22.6 Å². The lowest BCUT2D eigenvalue weighted by Crippen LogP contribution is -2.44. The molecule has 0 saturated heterocycles. The topological polar surface area (TPSA) is 27.7 Å². The average Bonchev–Trinajstić information content (AvgIpc) is 2.52. The van der Waals surface area contributed by atoms with Gasteiger partial charge in [-0.1, -0.05) is 66.8 Å². The number of halogens is 1. The van der Waals surface area contributed by atoms with Crippen molar-refractivity contribution >= 4 is 31.4 Å². The van der Waals surface area contributed by atoms with Crippen LogP contribution in [0.1, 0.15) is 44.8 Å². The first kappa shape index (κ1) is 19.1. The summed E-state index contributed by atoms with van der Waals surface area (Å²) in [6, 6.07) is 10.4. The first-order valence-corrected chi connectivity index (χ1v) is 11.5. The molecule has 1 aromatic rings. The van der Waals surface area contributed by atoms with Crippen LogP contribution in [0.3, 0.4) is 0 Å². The van der Waals surface area contributed by atoms with E-state index in [-0.39, 0.29) is 6.10 Å². The smallest absolute Gasteiger partial charge is 0.374 e. The molecule has 5 heteroatoms. The molecule has 1 rings (SSSR count). The van der Waals surface area contributed by atoms with Gasteiger partial charge in [-0.25, -0.2) is 0 Å². The monoisotopic (exact) mass is 422 g/mol. The zero-order valence-corrected chi connectivity index (χ0v) is 16.5. The van der Waals surface area contributed by atoms with Gasteiger partial charge in [0.05, 0.1) is 6.10 Å². The summed E-state index contributed by atoms with van der Waals surface area (Å²) in [6.45, 7) is 7.61. The highest BCUT2D eigenvalue weighted by Gasteiger charge is 2.37. The number of hydrogen-bond donors (Lipinski definition) is 0. The van der Waals surface area contributed by atoms with Crippen molar-refractivity contribution in [3.8, 4) is 0 Å². The van der Waals surface area contributed by atoms with Crippen LogP contribution in [0, 0.1) is 0 Å². The van der Waals surface area contributed by atoms with Crippen molar-refractivity contribution in [1.29, 1.82) is 0 Å². The summed E-state index contributed by atoms with van der Waals surface area (Å²) in [5.41, 5.74) is 1.20. The Morgan fingerprint density at radius 3 is 2.10 bits per heavy atom. The van der Waals surface area contributed by atoms with Crippen molar-refractivity contribution in [2.75, 3.05) is 17.6 Å². The molecule has 0 aliphatic carbocycles. The lowest BCUT2D eigenvalue weighted by atomic mass is 10.1. The summed E-state index contributed by atoms with van der Waals surface area (Å²) in [6.07, 6.45) is 2.97. The van der Waals surface area contributed by atoms with Gasteiger partial charge in [-0.2, -0.15) is 0 Å². The third kappa shape index (κ3) is 7.23. The summed E-state index contributed by atoms with van der Waals surface area (Å²) in [4.78, 5) is 0. The molecule has 0 fully saturated rings. The Bertz CT molecular complexity index is 367. The predicted molar refractivity (Wildman–Crippen MR) is 97.9 cm³/mol. The molecule has 0 saturated carbocycles. The van der Waals surface area contributed by atoms with Gasteiger partial charge in [0.25, 0.3) is 0 Å². The summed E-state index contributed by atoms with van der Waals surface area (Å²) >= 11 is 2.39. The van der Waals surface area contributed by atoms with E-state index < -0.39 is 8.80 Å². The highest BCUT2D eigenvalue weighted by molar-refractivity contribution is 14.1. The van der Waals surface area contributed by atoms with Gasteiger partial charge in [0.2, 0.25) is 0 Å². The second kappa shape index (κ2) is 10.7. The van der Waals surface area contributed by atoms with Gasteiger partial charge < -0.3 is 13.3 Å². The van der Waals surface area contributed by atoms with E-state index in [1.165, 1.54) is 5.56 Å². The quantitative estimate of drug-likeness (QED) is 0.286. The van der Waals surface area contributed by atoms with Crippen LogP contribution in [-0.2, 0) is 13.3 Å². The fraction of sp³-hybridized carbons (Fsp3) is 0.625. The van der Waals surface area contributed by atoms with E-state index in [4.69, 9.17) is 13.3 Å². The van der Waals surface area contributed by atoms with Crippen LogP contribution in [-0.4, -0.2) is 26.4 Å². The highest BCUT2D eigenvalue weighted by Crippen LogP contribution is 2.27. The number of hydrogen-bond acceptors (Lipinski definition) is 3. The molecule has 0 spiro atoms. The zero-order valence-electron chi connectivity index (χ0n) is 13.3. The molecule has 0 aromatic heterocycles. The van der Waals surface area contributed by atoms with Crippen LogP contribution in [0.5, 0.6) is 0 Å². The fourth-order valence-corrected chi connectivity index (χ4v) is 4.71. The van der Waals surface area contributed by atoms with E-state index in [9.17, 15) is 0 Å². The maximum Gasteiger partial charge on any atom is 0.498 e. The Labute approximate surface area is 143 Å². The molecule has 3 nitrogen and oxygen atoms in total. The molecule has 0 radical (unpaired) electrons. The van der Waals surface area contributed by atoms with E-state index >= 15 is 0 Å². The molecule has 1 atom stereocenters. The van der Waals surface area contributed by atoms with E-state index in [0.29, 0.717) is 13.2 Å². The van der Waals surface area contributed by atoms with Crippen molar-refractivity contribution in [3.63, 3.8) is 0 Å². The predicted octanol–water partition coefficient (Wildman–Crippen LogP) is 4.99. The molecule has 120 valence electrons. The van der Waals surface area contributed by atoms with E-state index in [1.807, 2.05) is 12.6 Å². The molecule has 21 heavy (non-hydrogen) atoms. The minimum atomic E-state index is -2.58. The van der Waals surface area contributed by atoms with Crippen molar-refractivity contribution in [1.82, 2.24) is 0 Å². The Morgan fingerprint density at radius 2 is 1.62 bits per heavy atom. The molecule has 0 bridgehead atoms. The summed E-state index contributed by atoms with van der Waals surface area (Å²) in [5.74, 6) is 0. The Balaban J connectivity index is 2.80. The zero-order chi connectivity index (χ0) is 15.6. The normalized spacial score (nSPS) is 13.3.